The highest BCUT2D eigenvalue weighted by atomic mass is 32.1. The van der Waals surface area contributed by atoms with Crippen molar-refractivity contribution in [2.45, 2.75) is 32.4 Å². The van der Waals surface area contributed by atoms with Gasteiger partial charge in [0.2, 0.25) is 0 Å². The molecule has 0 spiro atoms. The molecular weight excluding hydrogens is 346 g/mol. The zero-order chi connectivity index (χ0) is 18.7. The first-order valence-corrected chi connectivity index (χ1v) is 10.0. The molecule has 0 radical (unpaired) electrons. The molecule has 26 heavy (non-hydrogen) atoms. The molecule has 6 nitrogen and oxygen atoms in total. The number of likely N-dealkylation sites (N-methyl/N-ethyl adjacent to an activating group) is 1. The Labute approximate surface area is 159 Å². The zero-order valence-corrected chi connectivity index (χ0v) is 16.9. The SMILES string of the molecule is CN1CCN(C(CNC(=O)c2cnn(C(C)(C)C)c2)c2cccs2)CC1. The van der Waals surface area contributed by atoms with Gasteiger partial charge in [-0.25, -0.2) is 0 Å². The van der Waals surface area contributed by atoms with Crippen LogP contribution in [0.3, 0.4) is 0 Å². The molecule has 0 aromatic carbocycles. The third-order valence-corrected chi connectivity index (χ3v) is 5.81. The summed E-state index contributed by atoms with van der Waals surface area (Å²) in [6.07, 6.45) is 3.47. The molecule has 1 amide bonds. The lowest BCUT2D eigenvalue weighted by Crippen LogP contribution is -2.48. The number of hydrogen-bond acceptors (Lipinski definition) is 5. The Bertz CT molecular complexity index is 711. The van der Waals surface area contributed by atoms with Gasteiger partial charge >= 0.3 is 0 Å². The highest BCUT2D eigenvalue weighted by molar-refractivity contribution is 7.10. The van der Waals surface area contributed by atoms with Gasteiger partial charge in [-0.1, -0.05) is 6.07 Å². The Morgan fingerprint density at radius 1 is 1.31 bits per heavy atom. The number of thiophene rings is 1. The average molecular weight is 376 g/mol. The summed E-state index contributed by atoms with van der Waals surface area (Å²) in [6, 6.07) is 4.47. The molecule has 3 rings (SSSR count). The maximum Gasteiger partial charge on any atom is 0.254 e. The number of piperazine rings is 1. The summed E-state index contributed by atoms with van der Waals surface area (Å²) in [7, 11) is 2.16. The molecule has 1 saturated heterocycles. The third kappa shape index (κ3) is 4.52. The normalized spacial score (nSPS) is 18.0. The first-order valence-electron chi connectivity index (χ1n) is 9.14. The Balaban J connectivity index is 1.66. The number of carbonyl (C=O) groups is 1. The Kier molecular flexibility index (Phi) is 5.79. The number of hydrogen-bond donors (Lipinski definition) is 1. The van der Waals surface area contributed by atoms with Gasteiger partial charge in [0.25, 0.3) is 5.91 Å². The molecule has 7 heteroatoms. The van der Waals surface area contributed by atoms with Crippen LogP contribution < -0.4 is 5.32 Å². The van der Waals surface area contributed by atoms with Crippen LogP contribution in [0.4, 0.5) is 0 Å². The van der Waals surface area contributed by atoms with Crippen LogP contribution in [0.25, 0.3) is 0 Å². The van der Waals surface area contributed by atoms with E-state index < -0.39 is 0 Å². The van der Waals surface area contributed by atoms with Crippen LogP contribution in [-0.2, 0) is 5.54 Å². The molecule has 2 aromatic heterocycles. The zero-order valence-electron chi connectivity index (χ0n) is 16.1. The van der Waals surface area contributed by atoms with E-state index >= 15 is 0 Å². The minimum atomic E-state index is -0.127. The lowest BCUT2D eigenvalue weighted by atomic mass is 10.1. The molecule has 2 aromatic rings. The van der Waals surface area contributed by atoms with Gasteiger partial charge < -0.3 is 10.2 Å². The quantitative estimate of drug-likeness (QED) is 0.872. The number of aromatic nitrogens is 2. The lowest BCUT2D eigenvalue weighted by Gasteiger charge is -2.37. The van der Waals surface area contributed by atoms with Gasteiger partial charge in [0.1, 0.15) is 0 Å². The number of nitrogens with one attached hydrogen (secondary N) is 1. The maximum absolute atomic E-state index is 12.6. The van der Waals surface area contributed by atoms with Crippen LogP contribution in [0.15, 0.2) is 29.9 Å². The van der Waals surface area contributed by atoms with Crippen molar-refractivity contribution >= 4 is 17.2 Å². The van der Waals surface area contributed by atoms with Crippen LogP contribution >= 0.6 is 11.3 Å². The van der Waals surface area contributed by atoms with Crippen molar-refractivity contribution in [2.75, 3.05) is 39.8 Å². The minimum Gasteiger partial charge on any atom is -0.350 e. The predicted molar refractivity (Wildman–Crippen MR) is 106 cm³/mol. The second kappa shape index (κ2) is 7.90. The molecule has 0 aliphatic carbocycles. The van der Waals surface area contributed by atoms with E-state index in [1.807, 2.05) is 10.9 Å². The molecule has 1 fully saturated rings. The van der Waals surface area contributed by atoms with Crippen molar-refractivity contribution in [2.24, 2.45) is 0 Å². The molecular formula is C19H29N5OS. The highest BCUT2D eigenvalue weighted by Gasteiger charge is 2.25. The Morgan fingerprint density at radius 3 is 2.62 bits per heavy atom. The van der Waals surface area contributed by atoms with E-state index in [4.69, 9.17) is 0 Å². The summed E-state index contributed by atoms with van der Waals surface area (Å²) in [5, 5.41) is 9.55. The fourth-order valence-corrected chi connectivity index (χ4v) is 3.98. The van der Waals surface area contributed by atoms with Crippen molar-refractivity contribution in [3.63, 3.8) is 0 Å². The highest BCUT2D eigenvalue weighted by Crippen LogP contribution is 2.25. The predicted octanol–water partition coefficient (Wildman–Crippen LogP) is 2.42. The van der Waals surface area contributed by atoms with E-state index in [-0.39, 0.29) is 17.5 Å². The molecule has 1 atom stereocenters. The van der Waals surface area contributed by atoms with E-state index in [0.29, 0.717) is 12.1 Å². The second-order valence-corrected chi connectivity index (χ2v) is 8.90. The van der Waals surface area contributed by atoms with E-state index in [0.717, 1.165) is 26.2 Å². The van der Waals surface area contributed by atoms with E-state index in [1.165, 1.54) is 4.88 Å². The molecule has 0 bridgehead atoms. The van der Waals surface area contributed by atoms with Crippen LogP contribution in [0.1, 0.15) is 42.0 Å². The minimum absolute atomic E-state index is 0.0591. The summed E-state index contributed by atoms with van der Waals surface area (Å²) in [4.78, 5) is 18.7. The van der Waals surface area contributed by atoms with Gasteiger partial charge in [-0.3, -0.25) is 14.4 Å². The van der Waals surface area contributed by atoms with E-state index in [2.05, 4.69) is 65.5 Å². The molecule has 1 N–H and O–H groups in total. The van der Waals surface area contributed by atoms with Crippen molar-refractivity contribution < 1.29 is 4.79 Å². The monoisotopic (exact) mass is 375 g/mol. The van der Waals surface area contributed by atoms with Gasteiger partial charge in [-0.15, -0.1) is 11.3 Å². The number of nitrogens with zero attached hydrogens (tertiary/aromatic N) is 4. The number of amides is 1. The first kappa shape index (κ1) is 19.1. The summed E-state index contributed by atoms with van der Waals surface area (Å²) in [5.74, 6) is -0.0591. The fraction of sp³-hybridized carbons (Fsp3) is 0.579. The first-order chi connectivity index (χ1) is 12.3. The summed E-state index contributed by atoms with van der Waals surface area (Å²) >= 11 is 1.76. The van der Waals surface area contributed by atoms with Gasteiger partial charge in [0, 0.05) is 43.8 Å². The fourth-order valence-electron chi connectivity index (χ4n) is 3.12. The van der Waals surface area contributed by atoms with Crippen molar-refractivity contribution in [3.8, 4) is 0 Å². The molecule has 1 unspecified atom stereocenters. The Morgan fingerprint density at radius 2 is 2.04 bits per heavy atom. The smallest absolute Gasteiger partial charge is 0.254 e. The Hall–Kier alpha value is -1.70. The topological polar surface area (TPSA) is 53.4 Å². The van der Waals surface area contributed by atoms with Crippen LogP contribution in [0.2, 0.25) is 0 Å². The average Bonchev–Trinajstić information content (AvgIpc) is 3.28. The van der Waals surface area contributed by atoms with Crippen LogP contribution in [0, 0.1) is 0 Å². The number of carbonyl (C=O) groups excluding carboxylic acids is 1. The maximum atomic E-state index is 12.6. The number of rotatable bonds is 5. The molecule has 1 aliphatic heterocycles. The van der Waals surface area contributed by atoms with Gasteiger partial charge in [-0.2, -0.15) is 5.10 Å². The second-order valence-electron chi connectivity index (χ2n) is 7.92. The van der Waals surface area contributed by atoms with Crippen molar-refractivity contribution in [3.05, 3.63) is 40.3 Å². The molecule has 142 valence electrons. The largest absolute Gasteiger partial charge is 0.350 e. The standard InChI is InChI=1S/C19H29N5OS/c1-19(2,3)24-14-15(12-21-24)18(25)20-13-16(17-6-5-11-26-17)23-9-7-22(4)8-10-23/h5-6,11-12,14,16H,7-10,13H2,1-4H3,(H,20,25). The van der Waals surface area contributed by atoms with Crippen molar-refractivity contribution in [1.29, 1.82) is 0 Å². The van der Waals surface area contributed by atoms with Gasteiger partial charge in [0.05, 0.1) is 23.3 Å². The lowest BCUT2D eigenvalue weighted by molar-refractivity contribution is 0.0890. The van der Waals surface area contributed by atoms with Crippen LogP contribution in [-0.4, -0.2) is 65.3 Å². The van der Waals surface area contributed by atoms with Crippen molar-refractivity contribution in [1.82, 2.24) is 24.9 Å². The molecule has 3 heterocycles. The van der Waals surface area contributed by atoms with Crippen LogP contribution in [0.5, 0.6) is 0 Å². The third-order valence-electron chi connectivity index (χ3n) is 4.84. The van der Waals surface area contributed by atoms with Gasteiger partial charge in [-0.05, 0) is 39.3 Å². The summed E-state index contributed by atoms with van der Waals surface area (Å²) in [5.41, 5.74) is 0.487. The molecule has 1 aliphatic rings. The summed E-state index contributed by atoms with van der Waals surface area (Å²) < 4.78 is 1.83. The van der Waals surface area contributed by atoms with E-state index in [1.54, 1.807) is 17.5 Å². The van der Waals surface area contributed by atoms with Gasteiger partial charge in [0.15, 0.2) is 0 Å². The molecule has 0 saturated carbocycles. The summed E-state index contributed by atoms with van der Waals surface area (Å²) in [6.45, 7) is 11.0. The van der Waals surface area contributed by atoms with E-state index in [9.17, 15) is 4.79 Å².